The Morgan fingerprint density at radius 1 is 1.33 bits per heavy atom. The zero-order valence-corrected chi connectivity index (χ0v) is 9.77. The summed E-state index contributed by atoms with van der Waals surface area (Å²) in [7, 11) is 0. The van der Waals surface area contributed by atoms with Crippen molar-refractivity contribution in [1.29, 1.82) is 0 Å². The summed E-state index contributed by atoms with van der Waals surface area (Å²) >= 11 is 0. The average Bonchev–Trinajstić information content (AvgIpc) is 2.25. The topological polar surface area (TPSA) is 46.0 Å². The number of aromatic nitrogens is 2. The molecule has 0 aromatic carbocycles. The second-order valence-corrected chi connectivity index (χ2v) is 3.96. The number of hydrogen-bond acceptors (Lipinski definition) is 3. The van der Waals surface area contributed by atoms with E-state index in [-0.39, 0.29) is 0 Å². The maximum Gasteiger partial charge on any atom is 0.125 e. The third-order valence-electron chi connectivity index (χ3n) is 2.85. The Hall–Kier alpha value is -0.960. The fourth-order valence-corrected chi connectivity index (χ4v) is 1.72. The van der Waals surface area contributed by atoms with Gasteiger partial charge in [0.1, 0.15) is 5.82 Å². The zero-order valence-electron chi connectivity index (χ0n) is 9.77. The van der Waals surface area contributed by atoms with Gasteiger partial charge in [-0.05, 0) is 25.3 Å². The highest BCUT2D eigenvalue weighted by Gasteiger charge is 2.14. The molecular weight excluding hydrogens is 188 g/mol. The highest BCUT2D eigenvalue weighted by molar-refractivity contribution is 5.05. The van der Waals surface area contributed by atoms with Crippen molar-refractivity contribution >= 4 is 0 Å². The lowest BCUT2D eigenvalue weighted by Crippen LogP contribution is -2.08. The molecule has 0 spiro atoms. The molecule has 0 fully saturated rings. The molecule has 0 aliphatic carbocycles. The molecule has 3 heteroatoms. The first-order chi connectivity index (χ1) is 7.17. The second-order valence-electron chi connectivity index (χ2n) is 3.96. The zero-order chi connectivity index (χ0) is 11.3. The van der Waals surface area contributed by atoms with Gasteiger partial charge in [0.05, 0.1) is 11.8 Å². The molecule has 1 rings (SSSR count). The lowest BCUT2D eigenvalue weighted by Gasteiger charge is -2.16. The van der Waals surface area contributed by atoms with E-state index in [1.54, 1.807) is 12.3 Å². The summed E-state index contributed by atoms with van der Waals surface area (Å²) in [5, 5.41) is 9.99. The van der Waals surface area contributed by atoms with Gasteiger partial charge >= 0.3 is 0 Å². The summed E-state index contributed by atoms with van der Waals surface area (Å²) in [5.41, 5.74) is 0.745. The third kappa shape index (κ3) is 3.59. The van der Waals surface area contributed by atoms with Crippen LogP contribution in [0.3, 0.4) is 0 Å². The van der Waals surface area contributed by atoms with Gasteiger partial charge in [-0.3, -0.25) is 0 Å². The smallest absolute Gasteiger partial charge is 0.125 e. The molecule has 1 atom stereocenters. The predicted octanol–water partition coefficient (Wildman–Crippen LogP) is 2.64. The molecule has 0 saturated carbocycles. The first-order valence-electron chi connectivity index (χ1n) is 5.65. The van der Waals surface area contributed by atoms with Crippen molar-refractivity contribution in [1.82, 2.24) is 9.97 Å². The SMILES string of the molecule is CCC(CC)CC(O)c1ccnc(C)n1. The Bertz CT molecular complexity index is 297. The monoisotopic (exact) mass is 208 g/mol. The molecule has 84 valence electrons. The summed E-state index contributed by atoms with van der Waals surface area (Å²) in [6.45, 7) is 6.16. The van der Waals surface area contributed by atoms with Gasteiger partial charge in [0.2, 0.25) is 0 Å². The summed E-state index contributed by atoms with van der Waals surface area (Å²) in [4.78, 5) is 8.25. The molecule has 1 aromatic heterocycles. The molecule has 3 nitrogen and oxygen atoms in total. The molecule has 0 aliphatic rings. The minimum Gasteiger partial charge on any atom is -0.387 e. The van der Waals surface area contributed by atoms with Crippen LogP contribution in [-0.2, 0) is 0 Å². The number of nitrogens with zero attached hydrogens (tertiary/aromatic N) is 2. The standard InChI is InChI=1S/C12H20N2O/c1-4-10(5-2)8-12(15)11-6-7-13-9(3)14-11/h6-7,10,12,15H,4-5,8H2,1-3H3. The molecule has 15 heavy (non-hydrogen) atoms. The van der Waals surface area contributed by atoms with E-state index in [0.717, 1.165) is 30.8 Å². The molecule has 1 N–H and O–H groups in total. The van der Waals surface area contributed by atoms with Crippen LogP contribution in [0.4, 0.5) is 0 Å². The van der Waals surface area contributed by atoms with E-state index in [9.17, 15) is 5.11 Å². The summed E-state index contributed by atoms with van der Waals surface area (Å²) in [6, 6.07) is 1.79. The molecular formula is C12H20N2O. The van der Waals surface area contributed by atoms with Crippen LogP contribution in [0, 0.1) is 12.8 Å². The Balaban J connectivity index is 2.64. The highest BCUT2D eigenvalue weighted by Crippen LogP contribution is 2.23. The van der Waals surface area contributed by atoms with Crippen LogP contribution < -0.4 is 0 Å². The lowest BCUT2D eigenvalue weighted by atomic mass is 9.95. The second kappa shape index (κ2) is 5.81. The van der Waals surface area contributed by atoms with Crippen molar-refractivity contribution < 1.29 is 5.11 Å². The molecule has 1 unspecified atom stereocenters. The van der Waals surface area contributed by atoms with Gasteiger partial charge in [-0.15, -0.1) is 0 Å². The maximum absolute atomic E-state index is 9.99. The van der Waals surface area contributed by atoms with Crippen molar-refractivity contribution in [2.45, 2.75) is 46.1 Å². The quantitative estimate of drug-likeness (QED) is 0.809. The molecule has 0 bridgehead atoms. The van der Waals surface area contributed by atoms with E-state index >= 15 is 0 Å². The summed E-state index contributed by atoms with van der Waals surface area (Å²) in [5.74, 6) is 1.30. The number of hydrogen-bond donors (Lipinski definition) is 1. The maximum atomic E-state index is 9.99. The van der Waals surface area contributed by atoms with Gasteiger partial charge in [-0.1, -0.05) is 26.7 Å². The van der Waals surface area contributed by atoms with Crippen molar-refractivity contribution in [3.8, 4) is 0 Å². The molecule has 0 amide bonds. The van der Waals surface area contributed by atoms with E-state index in [1.807, 2.05) is 6.92 Å². The number of aliphatic hydroxyl groups excluding tert-OH is 1. The predicted molar refractivity (Wildman–Crippen MR) is 60.4 cm³/mol. The van der Waals surface area contributed by atoms with E-state index in [2.05, 4.69) is 23.8 Å². The van der Waals surface area contributed by atoms with Gasteiger partial charge in [-0.25, -0.2) is 9.97 Å². The van der Waals surface area contributed by atoms with Crippen LogP contribution in [0.1, 0.15) is 50.7 Å². The fraction of sp³-hybridized carbons (Fsp3) is 0.667. The van der Waals surface area contributed by atoms with Crippen molar-refractivity contribution in [2.24, 2.45) is 5.92 Å². The third-order valence-corrected chi connectivity index (χ3v) is 2.85. The normalized spacial score (nSPS) is 13.1. The Morgan fingerprint density at radius 3 is 2.53 bits per heavy atom. The Morgan fingerprint density at radius 2 is 2.00 bits per heavy atom. The minimum absolute atomic E-state index is 0.448. The van der Waals surface area contributed by atoms with E-state index in [4.69, 9.17) is 0 Å². The van der Waals surface area contributed by atoms with Gasteiger partial charge in [0.15, 0.2) is 0 Å². The van der Waals surface area contributed by atoms with Crippen LogP contribution in [0.15, 0.2) is 12.3 Å². The molecule has 0 saturated heterocycles. The van der Waals surface area contributed by atoms with Crippen LogP contribution in [-0.4, -0.2) is 15.1 Å². The summed E-state index contributed by atoms with van der Waals surface area (Å²) in [6.07, 6.45) is 4.27. The Kier molecular flexibility index (Phi) is 4.69. The number of rotatable bonds is 5. The number of aliphatic hydroxyl groups is 1. The van der Waals surface area contributed by atoms with Gasteiger partial charge < -0.3 is 5.11 Å². The molecule has 1 heterocycles. The molecule has 1 aromatic rings. The van der Waals surface area contributed by atoms with E-state index in [1.165, 1.54) is 0 Å². The van der Waals surface area contributed by atoms with Crippen LogP contribution in [0.25, 0.3) is 0 Å². The van der Waals surface area contributed by atoms with Crippen molar-refractivity contribution in [3.63, 3.8) is 0 Å². The fourth-order valence-electron chi connectivity index (χ4n) is 1.72. The van der Waals surface area contributed by atoms with Gasteiger partial charge in [-0.2, -0.15) is 0 Å². The van der Waals surface area contributed by atoms with Crippen LogP contribution in [0.2, 0.25) is 0 Å². The largest absolute Gasteiger partial charge is 0.387 e. The first kappa shape index (κ1) is 12.1. The van der Waals surface area contributed by atoms with E-state index in [0.29, 0.717) is 5.92 Å². The number of aryl methyl sites for hydroxylation is 1. The van der Waals surface area contributed by atoms with Crippen LogP contribution in [0.5, 0.6) is 0 Å². The van der Waals surface area contributed by atoms with Crippen molar-refractivity contribution in [3.05, 3.63) is 23.8 Å². The van der Waals surface area contributed by atoms with Crippen LogP contribution >= 0.6 is 0 Å². The average molecular weight is 208 g/mol. The van der Waals surface area contributed by atoms with Gasteiger partial charge in [0.25, 0.3) is 0 Å². The first-order valence-corrected chi connectivity index (χ1v) is 5.65. The Labute approximate surface area is 91.6 Å². The van der Waals surface area contributed by atoms with Gasteiger partial charge in [0, 0.05) is 6.20 Å². The lowest BCUT2D eigenvalue weighted by molar-refractivity contribution is 0.136. The van der Waals surface area contributed by atoms with Crippen molar-refractivity contribution in [2.75, 3.05) is 0 Å². The van der Waals surface area contributed by atoms with E-state index < -0.39 is 6.10 Å². The minimum atomic E-state index is -0.448. The summed E-state index contributed by atoms with van der Waals surface area (Å²) < 4.78 is 0. The highest BCUT2D eigenvalue weighted by atomic mass is 16.3. The molecule has 0 aliphatic heterocycles. The molecule has 0 radical (unpaired) electrons.